The number of hydrogen-bond donors (Lipinski definition) is 1. The summed E-state index contributed by atoms with van der Waals surface area (Å²) in [5.74, 6) is -0.130. The van der Waals surface area contributed by atoms with Crippen LogP contribution in [0.3, 0.4) is 0 Å². The van der Waals surface area contributed by atoms with Crippen molar-refractivity contribution in [3.05, 3.63) is 34.9 Å². The van der Waals surface area contributed by atoms with Gasteiger partial charge < -0.3 is 10.1 Å². The Morgan fingerprint density at radius 2 is 2.21 bits per heavy atom. The van der Waals surface area contributed by atoms with Crippen LogP contribution in [-0.4, -0.2) is 19.1 Å². The fraction of sp³-hybridized carbons (Fsp3) is 0.562. The second kappa shape index (κ2) is 6.20. The van der Waals surface area contributed by atoms with Gasteiger partial charge in [0.05, 0.1) is 12.5 Å². The third kappa shape index (κ3) is 3.16. The van der Waals surface area contributed by atoms with E-state index in [1.54, 1.807) is 0 Å². The maximum atomic E-state index is 12.1. The molecule has 0 radical (unpaired) electrons. The van der Waals surface area contributed by atoms with Crippen molar-refractivity contribution in [3.63, 3.8) is 0 Å². The van der Waals surface area contributed by atoms with Crippen LogP contribution in [0.5, 0.6) is 0 Å². The second-order valence-corrected chi connectivity index (χ2v) is 5.29. The predicted octanol–water partition coefficient (Wildman–Crippen LogP) is 2.91. The minimum atomic E-state index is -0.0697. The monoisotopic (exact) mass is 261 g/mol. The SMILES string of the molecule is CCOC(=O)C1CCCNC1c1ccc(C)cc1C. The molecule has 1 heterocycles. The van der Waals surface area contributed by atoms with Gasteiger partial charge in [-0.15, -0.1) is 0 Å². The van der Waals surface area contributed by atoms with Crippen LogP contribution in [0.25, 0.3) is 0 Å². The van der Waals surface area contributed by atoms with E-state index in [0.29, 0.717) is 6.61 Å². The first-order valence-electron chi connectivity index (χ1n) is 7.10. The molecule has 0 spiro atoms. The number of piperidine rings is 1. The van der Waals surface area contributed by atoms with Crippen molar-refractivity contribution < 1.29 is 9.53 Å². The van der Waals surface area contributed by atoms with Crippen molar-refractivity contribution in [1.29, 1.82) is 0 Å². The first kappa shape index (κ1) is 14.1. The zero-order valence-electron chi connectivity index (χ0n) is 12.0. The number of rotatable bonds is 3. The molecule has 3 nitrogen and oxygen atoms in total. The number of carbonyl (C=O) groups excluding carboxylic acids is 1. The quantitative estimate of drug-likeness (QED) is 0.850. The molecule has 1 aliphatic heterocycles. The highest BCUT2D eigenvalue weighted by Crippen LogP contribution is 2.32. The summed E-state index contributed by atoms with van der Waals surface area (Å²) in [6, 6.07) is 6.52. The van der Waals surface area contributed by atoms with Gasteiger partial charge in [0.1, 0.15) is 0 Å². The molecule has 104 valence electrons. The van der Waals surface area contributed by atoms with Crippen LogP contribution >= 0.6 is 0 Å². The number of carbonyl (C=O) groups is 1. The van der Waals surface area contributed by atoms with Gasteiger partial charge in [-0.3, -0.25) is 4.79 Å². The molecule has 1 N–H and O–H groups in total. The van der Waals surface area contributed by atoms with Crippen LogP contribution in [0.15, 0.2) is 18.2 Å². The third-order valence-electron chi connectivity index (χ3n) is 3.81. The molecular formula is C16H23NO2. The molecule has 0 bridgehead atoms. The Labute approximate surface area is 115 Å². The number of benzene rings is 1. The summed E-state index contributed by atoms with van der Waals surface area (Å²) in [5.41, 5.74) is 3.72. The molecule has 1 saturated heterocycles. The summed E-state index contributed by atoms with van der Waals surface area (Å²) in [6.07, 6.45) is 1.94. The van der Waals surface area contributed by atoms with Crippen LogP contribution in [0.1, 0.15) is 42.5 Å². The molecule has 0 amide bonds. The Hall–Kier alpha value is -1.35. The van der Waals surface area contributed by atoms with E-state index in [9.17, 15) is 4.79 Å². The molecule has 2 atom stereocenters. The molecule has 3 heteroatoms. The smallest absolute Gasteiger partial charge is 0.310 e. The van der Waals surface area contributed by atoms with Gasteiger partial charge in [0.15, 0.2) is 0 Å². The van der Waals surface area contributed by atoms with E-state index in [-0.39, 0.29) is 17.9 Å². The number of esters is 1. The van der Waals surface area contributed by atoms with Crippen molar-refractivity contribution >= 4 is 5.97 Å². The van der Waals surface area contributed by atoms with Gasteiger partial charge >= 0.3 is 5.97 Å². The van der Waals surface area contributed by atoms with Crippen molar-refractivity contribution in [2.24, 2.45) is 5.92 Å². The second-order valence-electron chi connectivity index (χ2n) is 5.29. The first-order chi connectivity index (χ1) is 9.13. The fourth-order valence-electron chi connectivity index (χ4n) is 2.89. The van der Waals surface area contributed by atoms with E-state index in [1.165, 1.54) is 16.7 Å². The first-order valence-corrected chi connectivity index (χ1v) is 7.10. The molecule has 1 aromatic carbocycles. The summed E-state index contributed by atoms with van der Waals surface area (Å²) in [6.45, 7) is 7.48. The number of hydrogen-bond acceptors (Lipinski definition) is 3. The average Bonchev–Trinajstić information content (AvgIpc) is 2.39. The number of nitrogens with one attached hydrogen (secondary N) is 1. The number of ether oxygens (including phenoxy) is 1. The van der Waals surface area contributed by atoms with Crippen LogP contribution in [0.2, 0.25) is 0 Å². The Balaban J connectivity index is 2.26. The molecule has 2 unspecified atom stereocenters. The van der Waals surface area contributed by atoms with Crippen LogP contribution in [0, 0.1) is 19.8 Å². The van der Waals surface area contributed by atoms with E-state index in [2.05, 4.69) is 37.4 Å². The van der Waals surface area contributed by atoms with E-state index < -0.39 is 0 Å². The number of aryl methyl sites for hydroxylation is 2. The van der Waals surface area contributed by atoms with Crippen molar-refractivity contribution in [2.45, 2.75) is 39.7 Å². The van der Waals surface area contributed by atoms with Gasteiger partial charge in [-0.2, -0.15) is 0 Å². The Kier molecular flexibility index (Phi) is 4.59. The van der Waals surface area contributed by atoms with Gasteiger partial charge in [-0.25, -0.2) is 0 Å². The predicted molar refractivity (Wildman–Crippen MR) is 76.0 cm³/mol. The van der Waals surface area contributed by atoms with Crippen LogP contribution in [-0.2, 0) is 9.53 Å². The average molecular weight is 261 g/mol. The Morgan fingerprint density at radius 3 is 2.89 bits per heavy atom. The molecule has 1 aromatic rings. The standard InChI is InChI=1S/C16H23NO2/c1-4-19-16(18)14-6-5-9-17-15(14)13-8-7-11(2)10-12(13)3/h7-8,10,14-15,17H,4-6,9H2,1-3H3. The summed E-state index contributed by atoms with van der Waals surface area (Å²) < 4.78 is 5.22. The van der Waals surface area contributed by atoms with Crippen molar-refractivity contribution in [2.75, 3.05) is 13.2 Å². The van der Waals surface area contributed by atoms with Gasteiger partial charge in [0.25, 0.3) is 0 Å². The summed E-state index contributed by atoms with van der Waals surface area (Å²) >= 11 is 0. The zero-order chi connectivity index (χ0) is 13.8. The van der Waals surface area contributed by atoms with Crippen molar-refractivity contribution in [3.8, 4) is 0 Å². The van der Waals surface area contributed by atoms with Gasteiger partial charge in [-0.1, -0.05) is 23.8 Å². The lowest BCUT2D eigenvalue weighted by molar-refractivity contribution is -0.150. The third-order valence-corrected chi connectivity index (χ3v) is 3.81. The minimum Gasteiger partial charge on any atom is -0.466 e. The van der Waals surface area contributed by atoms with Gasteiger partial charge in [0.2, 0.25) is 0 Å². The lowest BCUT2D eigenvalue weighted by Gasteiger charge is -2.32. The Morgan fingerprint density at radius 1 is 1.42 bits per heavy atom. The highest BCUT2D eigenvalue weighted by Gasteiger charge is 2.33. The Bertz CT molecular complexity index is 456. The van der Waals surface area contributed by atoms with Gasteiger partial charge in [0, 0.05) is 6.04 Å². The molecule has 2 rings (SSSR count). The van der Waals surface area contributed by atoms with Gasteiger partial charge in [-0.05, 0) is 51.3 Å². The molecule has 0 aromatic heterocycles. The molecule has 1 aliphatic rings. The summed E-state index contributed by atoms with van der Waals surface area (Å²) in [4.78, 5) is 12.1. The maximum absolute atomic E-state index is 12.1. The highest BCUT2D eigenvalue weighted by atomic mass is 16.5. The molecule has 0 aliphatic carbocycles. The van der Waals surface area contributed by atoms with Crippen LogP contribution in [0.4, 0.5) is 0 Å². The lowest BCUT2D eigenvalue weighted by atomic mass is 9.84. The highest BCUT2D eigenvalue weighted by molar-refractivity contribution is 5.74. The minimum absolute atomic E-state index is 0.0601. The lowest BCUT2D eigenvalue weighted by Crippen LogP contribution is -2.39. The zero-order valence-corrected chi connectivity index (χ0v) is 12.0. The van der Waals surface area contributed by atoms with E-state index in [0.717, 1.165) is 19.4 Å². The molecule has 19 heavy (non-hydrogen) atoms. The largest absolute Gasteiger partial charge is 0.466 e. The topological polar surface area (TPSA) is 38.3 Å². The van der Waals surface area contributed by atoms with E-state index >= 15 is 0 Å². The van der Waals surface area contributed by atoms with E-state index in [1.807, 2.05) is 6.92 Å². The molecule has 0 saturated carbocycles. The summed E-state index contributed by atoms with van der Waals surface area (Å²) in [7, 11) is 0. The fourth-order valence-corrected chi connectivity index (χ4v) is 2.89. The molecule has 1 fully saturated rings. The maximum Gasteiger partial charge on any atom is 0.310 e. The van der Waals surface area contributed by atoms with Crippen LogP contribution < -0.4 is 5.32 Å². The molecular weight excluding hydrogens is 238 g/mol. The van der Waals surface area contributed by atoms with E-state index in [4.69, 9.17) is 4.74 Å². The van der Waals surface area contributed by atoms with Crippen molar-refractivity contribution in [1.82, 2.24) is 5.32 Å². The summed E-state index contributed by atoms with van der Waals surface area (Å²) in [5, 5.41) is 3.48. The normalized spacial score (nSPS) is 23.1.